The van der Waals surface area contributed by atoms with Gasteiger partial charge in [0.25, 0.3) is 0 Å². The van der Waals surface area contributed by atoms with Crippen molar-refractivity contribution in [3.63, 3.8) is 0 Å². The fourth-order valence-corrected chi connectivity index (χ4v) is 3.10. The molecule has 0 saturated carbocycles. The normalized spacial score (nSPS) is 10.5. The molecule has 30 heavy (non-hydrogen) atoms. The maximum Gasteiger partial charge on any atom is 0.335 e. The highest BCUT2D eigenvalue weighted by Crippen LogP contribution is 2.30. The van der Waals surface area contributed by atoms with Crippen molar-refractivity contribution in [3.05, 3.63) is 87.7 Å². The molecule has 2 N–H and O–H groups in total. The zero-order chi connectivity index (χ0) is 21.7. The Balaban J connectivity index is 1.69. The minimum atomic E-state index is -0.970. The SMILES string of the molecule is COc1cc(CNc2cc(C(=O)O)ccc2C)ccc1OCc1ccc(F)cc1Cl. The molecule has 3 aromatic carbocycles. The fraction of sp³-hybridized carbons (Fsp3) is 0.174. The molecule has 0 bridgehead atoms. The lowest BCUT2D eigenvalue weighted by atomic mass is 10.1. The van der Waals surface area contributed by atoms with E-state index >= 15 is 0 Å². The maximum atomic E-state index is 13.2. The average molecular weight is 430 g/mol. The summed E-state index contributed by atoms with van der Waals surface area (Å²) in [7, 11) is 1.55. The van der Waals surface area contributed by atoms with Gasteiger partial charge in [-0.2, -0.15) is 0 Å². The number of benzene rings is 3. The second-order valence-electron chi connectivity index (χ2n) is 6.70. The maximum absolute atomic E-state index is 13.2. The summed E-state index contributed by atoms with van der Waals surface area (Å²) in [4.78, 5) is 11.2. The van der Waals surface area contributed by atoms with Gasteiger partial charge < -0.3 is 19.9 Å². The highest BCUT2D eigenvalue weighted by Gasteiger charge is 2.10. The van der Waals surface area contributed by atoms with Crippen LogP contribution in [0.2, 0.25) is 5.02 Å². The predicted molar refractivity (Wildman–Crippen MR) is 114 cm³/mol. The molecule has 0 aliphatic rings. The van der Waals surface area contributed by atoms with Crippen molar-refractivity contribution in [2.75, 3.05) is 12.4 Å². The third kappa shape index (κ3) is 5.21. The molecule has 0 atom stereocenters. The van der Waals surface area contributed by atoms with Gasteiger partial charge in [0, 0.05) is 17.8 Å². The Bertz CT molecular complexity index is 1070. The number of carboxylic acids is 1. The molecule has 0 amide bonds. The summed E-state index contributed by atoms with van der Waals surface area (Å²) >= 11 is 6.04. The number of ether oxygens (including phenoxy) is 2. The minimum absolute atomic E-state index is 0.175. The molecule has 0 aliphatic carbocycles. The van der Waals surface area contributed by atoms with Gasteiger partial charge in [-0.05, 0) is 54.4 Å². The quantitative estimate of drug-likeness (QED) is 0.481. The number of rotatable bonds is 8. The van der Waals surface area contributed by atoms with Gasteiger partial charge in [0.2, 0.25) is 0 Å². The van der Waals surface area contributed by atoms with Gasteiger partial charge in [-0.25, -0.2) is 9.18 Å². The molecule has 3 rings (SSSR count). The van der Waals surface area contributed by atoms with Gasteiger partial charge in [-0.15, -0.1) is 0 Å². The van der Waals surface area contributed by atoms with E-state index in [2.05, 4.69) is 5.32 Å². The number of hydrogen-bond donors (Lipinski definition) is 2. The first kappa shape index (κ1) is 21.5. The van der Waals surface area contributed by atoms with Gasteiger partial charge in [0.15, 0.2) is 11.5 Å². The standard InChI is InChI=1S/C23H21ClFNO4/c1-14-3-5-16(23(27)28)10-20(14)26-12-15-4-8-21(22(9-15)29-2)30-13-17-6-7-18(25)11-19(17)24/h3-11,26H,12-13H2,1-2H3,(H,27,28). The summed E-state index contributed by atoms with van der Waals surface area (Å²) in [6.45, 7) is 2.56. The Morgan fingerprint density at radius 2 is 1.90 bits per heavy atom. The average Bonchev–Trinajstić information content (AvgIpc) is 2.72. The van der Waals surface area contributed by atoms with E-state index in [1.54, 1.807) is 37.4 Å². The zero-order valence-electron chi connectivity index (χ0n) is 16.5. The summed E-state index contributed by atoms with van der Waals surface area (Å²) in [5.74, 6) is -0.293. The Hall–Kier alpha value is -3.25. The summed E-state index contributed by atoms with van der Waals surface area (Å²) in [6.07, 6.45) is 0. The van der Waals surface area contributed by atoms with Crippen LogP contribution in [0.25, 0.3) is 0 Å². The number of aromatic carboxylic acids is 1. The van der Waals surface area contributed by atoms with E-state index in [1.165, 1.54) is 12.1 Å². The summed E-state index contributed by atoms with van der Waals surface area (Å²) in [5, 5.41) is 12.7. The van der Waals surface area contributed by atoms with Crippen LogP contribution in [0.5, 0.6) is 11.5 Å². The van der Waals surface area contributed by atoms with Crippen LogP contribution in [0.4, 0.5) is 10.1 Å². The van der Waals surface area contributed by atoms with Crippen LogP contribution in [0.1, 0.15) is 27.0 Å². The van der Waals surface area contributed by atoms with E-state index in [1.807, 2.05) is 19.1 Å². The number of anilines is 1. The number of methoxy groups -OCH3 is 1. The monoisotopic (exact) mass is 429 g/mol. The molecule has 3 aromatic rings. The van der Waals surface area contributed by atoms with Crippen molar-refractivity contribution in [1.29, 1.82) is 0 Å². The van der Waals surface area contributed by atoms with E-state index in [9.17, 15) is 9.18 Å². The molecule has 0 fully saturated rings. The molecular weight excluding hydrogens is 409 g/mol. The van der Waals surface area contributed by atoms with E-state index in [-0.39, 0.29) is 12.2 Å². The first-order valence-electron chi connectivity index (χ1n) is 9.19. The van der Waals surface area contributed by atoms with E-state index in [4.69, 9.17) is 26.2 Å². The second-order valence-corrected chi connectivity index (χ2v) is 7.11. The number of hydrogen-bond acceptors (Lipinski definition) is 4. The summed E-state index contributed by atoms with van der Waals surface area (Å²) in [5.41, 5.74) is 3.52. The van der Waals surface area contributed by atoms with Crippen molar-refractivity contribution >= 4 is 23.3 Å². The highest BCUT2D eigenvalue weighted by molar-refractivity contribution is 6.31. The number of carbonyl (C=O) groups is 1. The highest BCUT2D eigenvalue weighted by atomic mass is 35.5. The van der Waals surface area contributed by atoms with Crippen LogP contribution < -0.4 is 14.8 Å². The molecule has 0 unspecified atom stereocenters. The van der Waals surface area contributed by atoms with Crippen molar-refractivity contribution in [1.82, 2.24) is 0 Å². The smallest absolute Gasteiger partial charge is 0.335 e. The largest absolute Gasteiger partial charge is 0.493 e. The van der Waals surface area contributed by atoms with Gasteiger partial charge in [-0.1, -0.05) is 29.8 Å². The van der Waals surface area contributed by atoms with Crippen LogP contribution in [-0.4, -0.2) is 18.2 Å². The molecule has 0 radical (unpaired) electrons. The lowest BCUT2D eigenvalue weighted by Crippen LogP contribution is -2.05. The van der Waals surface area contributed by atoms with Gasteiger partial charge in [0.05, 0.1) is 17.7 Å². The Morgan fingerprint density at radius 3 is 2.60 bits per heavy atom. The van der Waals surface area contributed by atoms with Crippen LogP contribution >= 0.6 is 11.6 Å². The third-order valence-electron chi connectivity index (χ3n) is 4.59. The number of halogens is 2. The molecule has 0 aliphatic heterocycles. The van der Waals surface area contributed by atoms with E-state index in [0.717, 1.165) is 16.8 Å². The van der Waals surface area contributed by atoms with Crippen LogP contribution in [0, 0.1) is 12.7 Å². The van der Waals surface area contributed by atoms with E-state index in [0.29, 0.717) is 28.6 Å². The number of aryl methyl sites for hydroxylation is 1. The second kappa shape index (κ2) is 9.50. The van der Waals surface area contributed by atoms with Gasteiger partial charge in [0.1, 0.15) is 12.4 Å². The first-order valence-corrected chi connectivity index (χ1v) is 9.56. The molecule has 156 valence electrons. The predicted octanol–water partition coefficient (Wildman–Crippen LogP) is 5.69. The molecule has 0 aromatic heterocycles. The molecule has 0 saturated heterocycles. The number of carboxylic acid groups (broad SMARTS) is 1. The molecule has 7 heteroatoms. The van der Waals surface area contributed by atoms with Crippen molar-refractivity contribution in [2.45, 2.75) is 20.1 Å². The summed E-state index contributed by atoms with van der Waals surface area (Å²) in [6, 6.07) is 14.6. The zero-order valence-corrected chi connectivity index (χ0v) is 17.3. The lowest BCUT2D eigenvalue weighted by molar-refractivity contribution is 0.0697. The molecule has 0 heterocycles. The Kier molecular flexibility index (Phi) is 6.79. The van der Waals surface area contributed by atoms with E-state index < -0.39 is 11.8 Å². The van der Waals surface area contributed by atoms with Crippen molar-refractivity contribution < 1.29 is 23.8 Å². The van der Waals surface area contributed by atoms with Gasteiger partial charge >= 0.3 is 5.97 Å². The van der Waals surface area contributed by atoms with Crippen LogP contribution in [0.15, 0.2) is 54.6 Å². The fourth-order valence-electron chi connectivity index (χ4n) is 2.88. The van der Waals surface area contributed by atoms with Crippen LogP contribution in [0.3, 0.4) is 0 Å². The first-order chi connectivity index (χ1) is 14.4. The van der Waals surface area contributed by atoms with Crippen LogP contribution in [-0.2, 0) is 13.2 Å². The van der Waals surface area contributed by atoms with Crippen molar-refractivity contribution in [2.24, 2.45) is 0 Å². The summed E-state index contributed by atoms with van der Waals surface area (Å²) < 4.78 is 24.4. The van der Waals surface area contributed by atoms with Crippen molar-refractivity contribution in [3.8, 4) is 11.5 Å². The molecule has 0 spiro atoms. The Morgan fingerprint density at radius 1 is 1.10 bits per heavy atom. The minimum Gasteiger partial charge on any atom is -0.493 e. The van der Waals surface area contributed by atoms with Gasteiger partial charge in [-0.3, -0.25) is 0 Å². The lowest BCUT2D eigenvalue weighted by Gasteiger charge is -2.14. The Labute approximate surface area is 179 Å². The third-order valence-corrected chi connectivity index (χ3v) is 4.95. The molecular formula is C23H21ClFNO4. The number of nitrogens with one attached hydrogen (secondary N) is 1. The topological polar surface area (TPSA) is 67.8 Å². The molecule has 5 nitrogen and oxygen atoms in total.